The van der Waals surface area contributed by atoms with Gasteiger partial charge in [-0.3, -0.25) is 4.98 Å². The van der Waals surface area contributed by atoms with Crippen molar-refractivity contribution in [1.29, 1.82) is 0 Å². The highest BCUT2D eigenvalue weighted by molar-refractivity contribution is 5.67. The fourth-order valence-electron chi connectivity index (χ4n) is 2.26. The van der Waals surface area contributed by atoms with Crippen LogP contribution >= 0.6 is 0 Å². The lowest BCUT2D eigenvalue weighted by molar-refractivity contribution is 0.475. The molecule has 3 N–H and O–H groups in total. The van der Waals surface area contributed by atoms with Crippen molar-refractivity contribution in [1.82, 2.24) is 15.0 Å². The van der Waals surface area contributed by atoms with E-state index in [9.17, 15) is 5.11 Å². The monoisotopic (exact) mass is 335 g/mol. The van der Waals surface area contributed by atoms with Crippen molar-refractivity contribution in [2.45, 2.75) is 26.3 Å². The van der Waals surface area contributed by atoms with Gasteiger partial charge in [0.1, 0.15) is 11.6 Å². The first-order chi connectivity index (χ1) is 12.1. The molecule has 0 radical (unpaired) electrons. The largest absolute Gasteiger partial charge is 0.508 e. The van der Waals surface area contributed by atoms with E-state index in [0.29, 0.717) is 11.8 Å². The number of phenolic OH excluding ortho intramolecular Hbond substituents is 1. The van der Waals surface area contributed by atoms with Gasteiger partial charge in [0.15, 0.2) is 0 Å². The van der Waals surface area contributed by atoms with Crippen molar-refractivity contribution in [3.8, 4) is 17.0 Å². The lowest BCUT2D eigenvalue weighted by Gasteiger charge is -2.14. The van der Waals surface area contributed by atoms with Gasteiger partial charge in [0, 0.05) is 35.8 Å². The number of nitrogens with zero attached hydrogens (tertiary/aromatic N) is 3. The average molecular weight is 335 g/mol. The van der Waals surface area contributed by atoms with Crippen LogP contribution in [0.3, 0.4) is 0 Å². The second kappa shape index (κ2) is 7.61. The topological polar surface area (TPSA) is 83.0 Å². The summed E-state index contributed by atoms with van der Waals surface area (Å²) in [5, 5.41) is 16.0. The Labute approximate surface area is 147 Å². The Morgan fingerprint density at radius 1 is 1.04 bits per heavy atom. The predicted octanol–water partition coefficient (Wildman–Crippen LogP) is 4.20. The van der Waals surface area contributed by atoms with E-state index in [0.717, 1.165) is 23.4 Å². The molecule has 0 aliphatic rings. The second-order valence-corrected chi connectivity index (χ2v) is 5.82. The molecule has 0 unspecified atom stereocenters. The molecule has 0 fully saturated rings. The third-order valence-corrected chi connectivity index (χ3v) is 3.83. The molecule has 0 amide bonds. The van der Waals surface area contributed by atoms with Crippen molar-refractivity contribution in [2.75, 3.05) is 10.6 Å². The van der Waals surface area contributed by atoms with Gasteiger partial charge in [0.25, 0.3) is 0 Å². The van der Waals surface area contributed by atoms with Crippen LogP contribution in [0.4, 0.5) is 17.5 Å². The van der Waals surface area contributed by atoms with Gasteiger partial charge in [-0.1, -0.05) is 6.92 Å². The summed E-state index contributed by atoms with van der Waals surface area (Å²) in [6, 6.07) is 12.9. The summed E-state index contributed by atoms with van der Waals surface area (Å²) >= 11 is 0. The lowest BCUT2D eigenvalue weighted by Crippen LogP contribution is -2.16. The van der Waals surface area contributed by atoms with E-state index < -0.39 is 0 Å². The molecule has 6 nitrogen and oxygen atoms in total. The van der Waals surface area contributed by atoms with E-state index >= 15 is 0 Å². The normalized spacial score (nSPS) is 11.8. The van der Waals surface area contributed by atoms with Crippen LogP contribution in [0.1, 0.15) is 20.3 Å². The van der Waals surface area contributed by atoms with Gasteiger partial charge in [-0.15, -0.1) is 0 Å². The maximum Gasteiger partial charge on any atom is 0.225 e. The van der Waals surface area contributed by atoms with Crippen LogP contribution in [0.15, 0.2) is 54.9 Å². The molecular formula is C19H21N5O. The third kappa shape index (κ3) is 4.44. The smallest absolute Gasteiger partial charge is 0.225 e. The SMILES string of the molecule is CC[C@H](C)Nc1nc(Nc2ccc(O)cc2)cc(-c2ccncc2)n1. The van der Waals surface area contributed by atoms with Gasteiger partial charge in [0.2, 0.25) is 5.95 Å². The van der Waals surface area contributed by atoms with Crippen molar-refractivity contribution in [3.63, 3.8) is 0 Å². The van der Waals surface area contributed by atoms with Crippen LogP contribution in [0.2, 0.25) is 0 Å². The van der Waals surface area contributed by atoms with Gasteiger partial charge in [-0.05, 0) is 49.7 Å². The molecule has 25 heavy (non-hydrogen) atoms. The van der Waals surface area contributed by atoms with Crippen LogP contribution in [-0.2, 0) is 0 Å². The van der Waals surface area contributed by atoms with Gasteiger partial charge in [0.05, 0.1) is 5.69 Å². The molecule has 3 rings (SSSR count). The molecule has 0 bridgehead atoms. The molecule has 1 atom stereocenters. The highest BCUT2D eigenvalue weighted by Gasteiger charge is 2.09. The zero-order valence-corrected chi connectivity index (χ0v) is 14.3. The minimum Gasteiger partial charge on any atom is -0.508 e. The van der Waals surface area contributed by atoms with Crippen LogP contribution in [-0.4, -0.2) is 26.1 Å². The lowest BCUT2D eigenvalue weighted by atomic mass is 10.2. The van der Waals surface area contributed by atoms with Crippen LogP contribution < -0.4 is 10.6 Å². The van der Waals surface area contributed by atoms with Gasteiger partial charge < -0.3 is 15.7 Å². The number of nitrogens with one attached hydrogen (secondary N) is 2. The molecule has 0 saturated carbocycles. The quantitative estimate of drug-likeness (QED) is 0.586. The Morgan fingerprint density at radius 2 is 1.76 bits per heavy atom. The summed E-state index contributed by atoms with van der Waals surface area (Å²) in [6.07, 6.45) is 4.46. The summed E-state index contributed by atoms with van der Waals surface area (Å²) < 4.78 is 0. The van der Waals surface area contributed by atoms with E-state index in [-0.39, 0.29) is 11.8 Å². The molecule has 0 aliphatic heterocycles. The standard InChI is InChI=1S/C19H21N5O/c1-3-13(2)21-19-23-17(14-8-10-20-11-9-14)12-18(24-19)22-15-4-6-16(25)7-5-15/h4-13,25H,3H2,1-2H3,(H2,21,22,23,24)/t13-/m0/s1. The molecular weight excluding hydrogens is 314 g/mol. The maximum absolute atomic E-state index is 9.42. The molecule has 0 saturated heterocycles. The number of benzene rings is 1. The molecule has 1 aromatic carbocycles. The van der Waals surface area contributed by atoms with E-state index in [1.165, 1.54) is 0 Å². The number of hydrogen-bond donors (Lipinski definition) is 3. The predicted molar refractivity (Wildman–Crippen MR) is 100 cm³/mol. The van der Waals surface area contributed by atoms with Crippen LogP contribution in [0, 0.1) is 0 Å². The Morgan fingerprint density at radius 3 is 2.44 bits per heavy atom. The number of hydrogen-bond acceptors (Lipinski definition) is 6. The number of phenols is 1. The average Bonchev–Trinajstić information content (AvgIpc) is 2.64. The summed E-state index contributed by atoms with van der Waals surface area (Å²) in [5.74, 6) is 1.48. The highest BCUT2D eigenvalue weighted by atomic mass is 16.3. The highest BCUT2D eigenvalue weighted by Crippen LogP contribution is 2.24. The van der Waals surface area contributed by atoms with E-state index in [1.807, 2.05) is 18.2 Å². The fraction of sp³-hybridized carbons (Fsp3) is 0.211. The van der Waals surface area contributed by atoms with Gasteiger partial charge in [-0.25, -0.2) is 4.98 Å². The van der Waals surface area contributed by atoms with Crippen molar-refractivity contribution in [2.24, 2.45) is 0 Å². The molecule has 0 spiro atoms. The molecule has 2 aromatic heterocycles. The molecule has 128 valence electrons. The summed E-state index contributed by atoms with van der Waals surface area (Å²) in [4.78, 5) is 13.2. The Kier molecular flexibility index (Phi) is 5.09. The summed E-state index contributed by atoms with van der Waals surface area (Å²) in [7, 11) is 0. The number of aromatic hydroxyl groups is 1. The molecule has 3 aromatic rings. The zero-order chi connectivity index (χ0) is 17.6. The Bertz CT molecular complexity index is 821. The first kappa shape index (κ1) is 16.7. The fourth-order valence-corrected chi connectivity index (χ4v) is 2.26. The summed E-state index contributed by atoms with van der Waals surface area (Å²) in [6.45, 7) is 4.20. The minimum absolute atomic E-state index is 0.227. The van der Waals surface area contributed by atoms with Gasteiger partial charge in [-0.2, -0.15) is 4.98 Å². The van der Waals surface area contributed by atoms with Crippen LogP contribution in [0.5, 0.6) is 5.75 Å². The van der Waals surface area contributed by atoms with Crippen molar-refractivity contribution < 1.29 is 5.11 Å². The van der Waals surface area contributed by atoms with Gasteiger partial charge >= 0.3 is 0 Å². The summed E-state index contributed by atoms with van der Waals surface area (Å²) in [5.41, 5.74) is 2.62. The number of anilines is 3. The maximum atomic E-state index is 9.42. The van der Waals surface area contributed by atoms with Crippen molar-refractivity contribution >= 4 is 17.5 Å². The van der Waals surface area contributed by atoms with E-state index in [1.54, 1.807) is 36.7 Å². The number of pyridine rings is 1. The molecule has 0 aliphatic carbocycles. The van der Waals surface area contributed by atoms with E-state index in [2.05, 4.69) is 39.4 Å². The van der Waals surface area contributed by atoms with Crippen molar-refractivity contribution in [3.05, 3.63) is 54.9 Å². The Hall–Kier alpha value is -3.15. The zero-order valence-electron chi connectivity index (χ0n) is 14.3. The van der Waals surface area contributed by atoms with E-state index in [4.69, 9.17) is 0 Å². The molecule has 6 heteroatoms. The first-order valence-electron chi connectivity index (χ1n) is 8.26. The molecule has 2 heterocycles. The van der Waals surface area contributed by atoms with Crippen LogP contribution in [0.25, 0.3) is 11.3 Å². The third-order valence-electron chi connectivity index (χ3n) is 3.83. The first-order valence-corrected chi connectivity index (χ1v) is 8.26. The second-order valence-electron chi connectivity index (χ2n) is 5.82. The minimum atomic E-state index is 0.227. The Balaban J connectivity index is 1.95. The number of aromatic nitrogens is 3. The number of rotatable bonds is 6.